The summed E-state index contributed by atoms with van der Waals surface area (Å²) in [7, 11) is 3.52. The first-order valence-corrected chi connectivity index (χ1v) is 11.2. The van der Waals surface area contributed by atoms with Gasteiger partial charge in [-0.2, -0.15) is 0 Å². The van der Waals surface area contributed by atoms with Gasteiger partial charge in [0.2, 0.25) is 0 Å². The first-order valence-electron chi connectivity index (χ1n) is 10.6. The molecule has 8 atom stereocenters. The molecule has 0 radical (unpaired) electrons. The lowest BCUT2D eigenvalue weighted by molar-refractivity contribution is -0.182. The Kier molecular flexibility index (Phi) is 5.19. The standard InChI is InChI=1S/C22H35ClO4/c1-14-19(24)20(2,9-10-23)12-17(27-13-25-3)22-11-15(22)5-7-21(14)8-6-16(26-4)18(21)22/h14-18H,5-13H2,1-4H3/t14-,15-,16+,17+,18?,20+,21?,22-/m0/s1. The molecule has 4 saturated carbocycles. The molecule has 1 spiro atoms. The average Bonchev–Trinajstić information content (AvgIpc) is 3.28. The highest BCUT2D eigenvalue weighted by Crippen LogP contribution is 2.78. The van der Waals surface area contributed by atoms with Crippen LogP contribution in [0, 0.1) is 34.0 Å². The van der Waals surface area contributed by atoms with E-state index in [0.717, 1.165) is 32.1 Å². The van der Waals surface area contributed by atoms with E-state index in [2.05, 4.69) is 13.8 Å². The van der Waals surface area contributed by atoms with E-state index in [0.29, 0.717) is 23.5 Å². The van der Waals surface area contributed by atoms with Gasteiger partial charge < -0.3 is 14.2 Å². The zero-order chi connectivity index (χ0) is 19.4. The molecular formula is C22H35ClO4. The predicted octanol–water partition coefficient (Wildman–Crippen LogP) is 4.43. The molecule has 0 amide bonds. The molecule has 4 aliphatic rings. The summed E-state index contributed by atoms with van der Waals surface area (Å²) in [6, 6.07) is 0. The molecule has 2 unspecified atom stereocenters. The van der Waals surface area contributed by atoms with Crippen molar-refractivity contribution in [2.45, 2.75) is 71.0 Å². The monoisotopic (exact) mass is 398 g/mol. The highest BCUT2D eigenvalue weighted by atomic mass is 35.5. The molecule has 0 saturated heterocycles. The Balaban J connectivity index is 1.82. The molecule has 4 rings (SSSR count). The van der Waals surface area contributed by atoms with Crippen LogP contribution in [-0.2, 0) is 19.0 Å². The van der Waals surface area contributed by atoms with Gasteiger partial charge in [-0.25, -0.2) is 0 Å². The second-order valence-corrected chi connectivity index (χ2v) is 10.3. The zero-order valence-electron chi connectivity index (χ0n) is 17.3. The van der Waals surface area contributed by atoms with Gasteiger partial charge in [0.25, 0.3) is 0 Å². The maximum atomic E-state index is 13.8. The molecule has 27 heavy (non-hydrogen) atoms. The Hall–Kier alpha value is -0.160. The smallest absolute Gasteiger partial charge is 0.146 e. The van der Waals surface area contributed by atoms with E-state index in [1.54, 1.807) is 7.11 Å². The summed E-state index contributed by atoms with van der Waals surface area (Å²) in [5, 5.41) is 0. The normalized spacial score (nSPS) is 51.3. The van der Waals surface area contributed by atoms with E-state index in [4.69, 9.17) is 25.8 Å². The SMILES string of the molecule is COCO[C@@H]1C[C@@](C)(CCCl)C(=O)[C@H](C)C23CC[C@H]4C[C@]41C2[C@H](OC)CC3. The topological polar surface area (TPSA) is 44.8 Å². The fraction of sp³-hybridized carbons (Fsp3) is 0.955. The summed E-state index contributed by atoms with van der Waals surface area (Å²) >= 11 is 6.17. The molecule has 2 bridgehead atoms. The summed E-state index contributed by atoms with van der Waals surface area (Å²) in [4.78, 5) is 13.8. The van der Waals surface area contributed by atoms with Crippen LogP contribution in [0.1, 0.15) is 58.8 Å². The second-order valence-electron chi connectivity index (χ2n) is 9.93. The minimum absolute atomic E-state index is 0.0486. The summed E-state index contributed by atoms with van der Waals surface area (Å²) in [5.74, 6) is 2.10. The molecule has 4 aliphatic carbocycles. The summed E-state index contributed by atoms with van der Waals surface area (Å²) in [6.07, 6.45) is 7.54. The van der Waals surface area contributed by atoms with Crippen LogP contribution in [0.15, 0.2) is 0 Å². The molecule has 4 fully saturated rings. The number of rotatable bonds is 6. The number of halogens is 1. The van der Waals surface area contributed by atoms with Crippen molar-refractivity contribution < 1.29 is 19.0 Å². The fourth-order valence-corrected chi connectivity index (χ4v) is 8.08. The van der Waals surface area contributed by atoms with Crippen molar-refractivity contribution >= 4 is 17.4 Å². The van der Waals surface area contributed by atoms with Crippen molar-refractivity contribution in [3.8, 4) is 0 Å². The van der Waals surface area contributed by atoms with Crippen LogP contribution in [0.5, 0.6) is 0 Å². The number of carbonyl (C=O) groups excluding carboxylic acids is 1. The van der Waals surface area contributed by atoms with E-state index in [1.165, 1.54) is 12.8 Å². The summed E-state index contributed by atoms with van der Waals surface area (Å²) < 4.78 is 17.7. The average molecular weight is 399 g/mol. The Morgan fingerprint density at radius 1 is 1.19 bits per heavy atom. The summed E-state index contributed by atoms with van der Waals surface area (Å²) in [5.41, 5.74) is -0.204. The van der Waals surface area contributed by atoms with Crippen molar-refractivity contribution in [1.82, 2.24) is 0 Å². The number of carbonyl (C=O) groups is 1. The van der Waals surface area contributed by atoms with Gasteiger partial charge >= 0.3 is 0 Å². The first kappa shape index (κ1) is 20.1. The number of Topliss-reactive ketones (excluding diaryl/α,β-unsaturated/α-hetero) is 1. The molecule has 0 aromatic rings. The van der Waals surface area contributed by atoms with Gasteiger partial charge in [-0.3, -0.25) is 4.79 Å². The molecule has 0 aromatic heterocycles. The molecule has 5 heteroatoms. The zero-order valence-corrected chi connectivity index (χ0v) is 18.0. The van der Waals surface area contributed by atoms with Crippen molar-refractivity contribution in [3.63, 3.8) is 0 Å². The maximum Gasteiger partial charge on any atom is 0.146 e. The van der Waals surface area contributed by atoms with Crippen LogP contribution in [0.2, 0.25) is 0 Å². The van der Waals surface area contributed by atoms with Crippen LogP contribution < -0.4 is 0 Å². The highest BCUT2D eigenvalue weighted by molar-refractivity contribution is 6.18. The quantitative estimate of drug-likeness (QED) is 0.490. The van der Waals surface area contributed by atoms with Gasteiger partial charge in [0.1, 0.15) is 12.6 Å². The molecule has 4 nitrogen and oxygen atoms in total. The summed E-state index contributed by atoms with van der Waals surface area (Å²) in [6.45, 7) is 4.62. The Labute approximate surface area is 168 Å². The third-order valence-electron chi connectivity index (χ3n) is 9.04. The van der Waals surface area contributed by atoms with Crippen LogP contribution >= 0.6 is 11.6 Å². The van der Waals surface area contributed by atoms with Gasteiger partial charge in [-0.05, 0) is 62.2 Å². The number of alkyl halides is 1. The third-order valence-corrected chi connectivity index (χ3v) is 9.23. The van der Waals surface area contributed by atoms with Crippen molar-refractivity contribution in [1.29, 1.82) is 0 Å². The van der Waals surface area contributed by atoms with E-state index in [-0.39, 0.29) is 35.7 Å². The van der Waals surface area contributed by atoms with Gasteiger partial charge in [-0.15, -0.1) is 11.6 Å². The van der Waals surface area contributed by atoms with E-state index in [1.807, 2.05) is 7.11 Å². The van der Waals surface area contributed by atoms with Gasteiger partial charge in [-0.1, -0.05) is 13.8 Å². The van der Waals surface area contributed by atoms with Crippen LogP contribution in [0.3, 0.4) is 0 Å². The van der Waals surface area contributed by atoms with E-state index >= 15 is 0 Å². The number of methoxy groups -OCH3 is 2. The largest absolute Gasteiger partial charge is 0.381 e. The van der Waals surface area contributed by atoms with Crippen molar-refractivity contribution in [2.24, 2.45) is 34.0 Å². The van der Waals surface area contributed by atoms with E-state index in [9.17, 15) is 4.79 Å². The third kappa shape index (κ3) is 2.69. The number of ether oxygens (including phenoxy) is 3. The Bertz CT molecular complexity index is 597. The van der Waals surface area contributed by atoms with E-state index < -0.39 is 5.41 Å². The molecule has 154 valence electrons. The molecule has 0 aromatic carbocycles. The first-order chi connectivity index (χ1) is 12.9. The minimum atomic E-state index is -0.416. The molecular weight excluding hydrogens is 364 g/mol. The lowest BCUT2D eigenvalue weighted by atomic mass is 9.50. The molecule has 0 aliphatic heterocycles. The molecule has 0 heterocycles. The predicted molar refractivity (Wildman–Crippen MR) is 105 cm³/mol. The number of hydrogen-bond acceptors (Lipinski definition) is 4. The molecule has 0 N–H and O–H groups in total. The Morgan fingerprint density at radius 3 is 2.59 bits per heavy atom. The van der Waals surface area contributed by atoms with Gasteiger partial charge in [0.15, 0.2) is 0 Å². The van der Waals surface area contributed by atoms with Crippen LogP contribution in [0.4, 0.5) is 0 Å². The van der Waals surface area contributed by atoms with Crippen LogP contribution in [0.25, 0.3) is 0 Å². The second kappa shape index (κ2) is 6.97. The van der Waals surface area contributed by atoms with Gasteiger partial charge in [0.05, 0.1) is 12.2 Å². The lowest BCUT2D eigenvalue weighted by Crippen LogP contribution is -2.57. The fourth-order valence-electron chi connectivity index (χ4n) is 7.66. The van der Waals surface area contributed by atoms with Gasteiger partial charge in [0, 0.05) is 36.8 Å². The highest BCUT2D eigenvalue weighted by Gasteiger charge is 2.76. The Morgan fingerprint density at radius 2 is 1.93 bits per heavy atom. The maximum absolute atomic E-state index is 13.8. The minimum Gasteiger partial charge on any atom is -0.381 e. The van der Waals surface area contributed by atoms with Crippen molar-refractivity contribution in [3.05, 3.63) is 0 Å². The lowest BCUT2D eigenvalue weighted by Gasteiger charge is -2.55. The number of ketones is 1. The van der Waals surface area contributed by atoms with Crippen molar-refractivity contribution in [2.75, 3.05) is 26.9 Å². The number of hydrogen-bond donors (Lipinski definition) is 0. The van der Waals surface area contributed by atoms with Crippen LogP contribution in [-0.4, -0.2) is 44.9 Å².